The largest absolute Gasteiger partial charge is 0.327 e. The van der Waals surface area contributed by atoms with E-state index in [-0.39, 0.29) is 0 Å². The molecule has 10 heavy (non-hydrogen) atoms. The van der Waals surface area contributed by atoms with E-state index in [0.29, 0.717) is 0 Å². The molecule has 0 spiro atoms. The maximum atomic E-state index is 10.5. The molecule has 1 N–H and O–H groups in total. The van der Waals surface area contributed by atoms with Crippen molar-refractivity contribution in [3.63, 3.8) is 0 Å². The molecule has 1 aliphatic carbocycles. The van der Waals surface area contributed by atoms with Gasteiger partial charge in [-0.3, -0.25) is 4.79 Å². The van der Waals surface area contributed by atoms with Crippen LogP contribution in [0.4, 0.5) is 0 Å². The van der Waals surface area contributed by atoms with Crippen molar-refractivity contribution in [3.8, 4) is 18.4 Å². The van der Waals surface area contributed by atoms with E-state index >= 15 is 0 Å². The van der Waals surface area contributed by atoms with Crippen molar-refractivity contribution < 1.29 is 4.79 Å². The van der Waals surface area contributed by atoms with E-state index in [9.17, 15) is 4.79 Å². The van der Waals surface area contributed by atoms with E-state index in [1.165, 1.54) is 0 Å². The molecule has 0 aromatic heterocycles. The number of hydrogen-bond acceptors (Lipinski definition) is 2. The predicted molar refractivity (Wildman–Crippen MR) is 34.6 cm³/mol. The van der Waals surface area contributed by atoms with E-state index in [0.717, 1.165) is 12.8 Å². The Bertz CT molecular complexity index is 239. The zero-order chi connectivity index (χ0) is 7.61. The molecule has 0 atom stereocenters. The first kappa shape index (κ1) is 6.64. The molecule has 1 rings (SSSR count). The van der Waals surface area contributed by atoms with E-state index < -0.39 is 11.4 Å². The van der Waals surface area contributed by atoms with Crippen molar-refractivity contribution in [1.29, 1.82) is 5.26 Å². The zero-order valence-corrected chi connectivity index (χ0v) is 5.35. The van der Waals surface area contributed by atoms with E-state index in [1.807, 2.05) is 12.0 Å². The molecule has 3 heteroatoms. The summed E-state index contributed by atoms with van der Waals surface area (Å²) < 4.78 is 0. The lowest BCUT2D eigenvalue weighted by atomic mass is 10.3. The average Bonchev–Trinajstić information content (AvgIpc) is 2.70. The Morgan fingerprint density at radius 2 is 2.30 bits per heavy atom. The lowest BCUT2D eigenvalue weighted by Crippen LogP contribution is -2.34. The van der Waals surface area contributed by atoms with Crippen LogP contribution < -0.4 is 5.32 Å². The number of amides is 1. The summed E-state index contributed by atoms with van der Waals surface area (Å²) >= 11 is 0. The highest BCUT2D eigenvalue weighted by Gasteiger charge is 2.44. The summed E-state index contributed by atoms with van der Waals surface area (Å²) in [5, 5.41) is 10.9. The van der Waals surface area contributed by atoms with Crippen molar-refractivity contribution in [2.45, 2.75) is 18.4 Å². The third-order valence-corrected chi connectivity index (χ3v) is 1.45. The lowest BCUT2D eigenvalue weighted by Gasteiger charge is -2.02. The van der Waals surface area contributed by atoms with Gasteiger partial charge in [-0.05, 0) is 18.8 Å². The molecule has 0 heterocycles. The first-order chi connectivity index (χ1) is 4.72. The summed E-state index contributed by atoms with van der Waals surface area (Å²) in [5.74, 6) is 1.39. The number of rotatable bonds is 1. The fraction of sp³-hybridized carbons (Fsp3) is 0.429. The number of hydrogen-bond donors (Lipinski definition) is 1. The molecule has 1 saturated carbocycles. The van der Waals surface area contributed by atoms with Crippen LogP contribution in [0.5, 0.6) is 0 Å². The second kappa shape index (κ2) is 2.04. The minimum absolute atomic E-state index is 0.501. The highest BCUT2D eigenvalue weighted by molar-refractivity contribution is 5.93. The summed E-state index contributed by atoms with van der Waals surface area (Å²) in [5.41, 5.74) is -0.622. The molecule has 0 radical (unpaired) electrons. The quantitative estimate of drug-likeness (QED) is 0.504. The van der Waals surface area contributed by atoms with Gasteiger partial charge < -0.3 is 5.32 Å². The Hall–Kier alpha value is -1.48. The number of nitriles is 1. The summed E-state index contributed by atoms with van der Waals surface area (Å²) in [6, 6.07) is 1.99. The maximum absolute atomic E-state index is 10.5. The van der Waals surface area contributed by atoms with Crippen LogP contribution in [0, 0.1) is 23.7 Å². The van der Waals surface area contributed by atoms with Crippen LogP contribution in [0.1, 0.15) is 12.8 Å². The van der Waals surface area contributed by atoms with Crippen LogP contribution in [-0.4, -0.2) is 11.4 Å². The number of nitrogens with one attached hydrogen (secondary N) is 1. The van der Waals surface area contributed by atoms with Gasteiger partial charge in [-0.15, -0.1) is 6.42 Å². The van der Waals surface area contributed by atoms with Crippen LogP contribution >= 0.6 is 0 Å². The molecule has 0 unspecified atom stereocenters. The van der Waals surface area contributed by atoms with Gasteiger partial charge in [-0.1, -0.05) is 0 Å². The topological polar surface area (TPSA) is 52.9 Å². The second-order valence-corrected chi connectivity index (χ2v) is 2.29. The summed E-state index contributed by atoms with van der Waals surface area (Å²) in [6.45, 7) is 0. The molecule has 1 amide bonds. The SMILES string of the molecule is C#CC(=O)NC1(C#N)CC1. The first-order valence-corrected chi connectivity index (χ1v) is 2.92. The molecule has 3 nitrogen and oxygen atoms in total. The Kier molecular flexibility index (Phi) is 1.35. The van der Waals surface area contributed by atoms with Gasteiger partial charge >= 0.3 is 0 Å². The molecule has 0 aromatic carbocycles. The van der Waals surface area contributed by atoms with Gasteiger partial charge in [-0.25, -0.2) is 0 Å². The first-order valence-electron chi connectivity index (χ1n) is 2.92. The summed E-state index contributed by atoms with van der Waals surface area (Å²) in [7, 11) is 0. The van der Waals surface area contributed by atoms with Gasteiger partial charge in [0, 0.05) is 0 Å². The second-order valence-electron chi connectivity index (χ2n) is 2.29. The van der Waals surface area contributed by atoms with E-state index in [2.05, 4.69) is 5.32 Å². The zero-order valence-electron chi connectivity index (χ0n) is 5.35. The smallest absolute Gasteiger partial charge is 0.296 e. The molecule has 0 bridgehead atoms. The summed E-state index contributed by atoms with van der Waals surface area (Å²) in [6.07, 6.45) is 6.23. The highest BCUT2D eigenvalue weighted by Crippen LogP contribution is 2.33. The molecular formula is C7H6N2O. The lowest BCUT2D eigenvalue weighted by molar-refractivity contribution is -0.116. The molecule has 1 aliphatic rings. The van der Waals surface area contributed by atoms with Gasteiger partial charge in [0.15, 0.2) is 0 Å². The molecule has 0 aliphatic heterocycles. The third-order valence-electron chi connectivity index (χ3n) is 1.45. The summed E-state index contributed by atoms with van der Waals surface area (Å²) in [4.78, 5) is 10.5. The normalized spacial score (nSPS) is 18.2. The Morgan fingerprint density at radius 1 is 1.70 bits per heavy atom. The number of carbonyl (C=O) groups is 1. The number of terminal acetylenes is 1. The Labute approximate surface area is 59.0 Å². The Balaban J connectivity index is 2.49. The van der Waals surface area contributed by atoms with Crippen LogP contribution in [0.15, 0.2) is 0 Å². The molecule has 50 valence electrons. The van der Waals surface area contributed by atoms with E-state index in [4.69, 9.17) is 11.7 Å². The van der Waals surface area contributed by atoms with Crippen LogP contribution in [0.3, 0.4) is 0 Å². The van der Waals surface area contributed by atoms with Crippen molar-refractivity contribution in [2.75, 3.05) is 0 Å². The van der Waals surface area contributed by atoms with Crippen molar-refractivity contribution in [1.82, 2.24) is 5.32 Å². The Morgan fingerprint density at radius 3 is 2.60 bits per heavy atom. The van der Waals surface area contributed by atoms with Crippen molar-refractivity contribution in [3.05, 3.63) is 0 Å². The molecular weight excluding hydrogens is 128 g/mol. The van der Waals surface area contributed by atoms with Crippen LogP contribution in [0.25, 0.3) is 0 Å². The van der Waals surface area contributed by atoms with Gasteiger partial charge in [0.25, 0.3) is 5.91 Å². The van der Waals surface area contributed by atoms with Crippen molar-refractivity contribution in [2.24, 2.45) is 0 Å². The van der Waals surface area contributed by atoms with Crippen LogP contribution in [-0.2, 0) is 4.79 Å². The fourth-order valence-electron chi connectivity index (χ4n) is 0.643. The standard InChI is InChI=1S/C7H6N2O/c1-2-6(10)9-7(5-8)3-4-7/h1H,3-4H2,(H,9,10). The van der Waals surface area contributed by atoms with Gasteiger partial charge in [-0.2, -0.15) is 5.26 Å². The monoisotopic (exact) mass is 134 g/mol. The third kappa shape index (κ3) is 1.09. The fourth-order valence-corrected chi connectivity index (χ4v) is 0.643. The van der Waals surface area contributed by atoms with Gasteiger partial charge in [0.2, 0.25) is 0 Å². The molecule has 0 aromatic rings. The van der Waals surface area contributed by atoms with Gasteiger partial charge in [0.05, 0.1) is 6.07 Å². The minimum Gasteiger partial charge on any atom is -0.327 e. The predicted octanol–water partition coefficient (Wildman–Crippen LogP) is -0.208. The number of carbonyl (C=O) groups excluding carboxylic acids is 1. The molecule has 1 fully saturated rings. The molecule has 0 saturated heterocycles. The van der Waals surface area contributed by atoms with E-state index in [1.54, 1.807) is 0 Å². The maximum Gasteiger partial charge on any atom is 0.296 e. The minimum atomic E-state index is -0.622. The average molecular weight is 134 g/mol. The van der Waals surface area contributed by atoms with Gasteiger partial charge in [0.1, 0.15) is 5.54 Å². The van der Waals surface area contributed by atoms with Crippen molar-refractivity contribution >= 4 is 5.91 Å². The van der Waals surface area contributed by atoms with Crippen LogP contribution in [0.2, 0.25) is 0 Å². The number of nitrogens with zero attached hydrogens (tertiary/aromatic N) is 1. The highest BCUT2D eigenvalue weighted by atomic mass is 16.1.